The molecular formula is H3K5O14P4. The quantitative estimate of drug-likeness (QED) is 0.218. The van der Waals surface area contributed by atoms with E-state index in [1.807, 2.05) is 0 Å². The summed E-state index contributed by atoms with van der Waals surface area (Å²) in [5, 5.41) is 0. The molecule has 0 fully saturated rings. The van der Waals surface area contributed by atoms with Gasteiger partial charge in [-0.2, -0.15) is 0 Å². The Kier molecular flexibility index (Phi) is 47.9. The van der Waals surface area contributed by atoms with Crippen molar-refractivity contribution in [3.63, 3.8) is 0 Å². The van der Waals surface area contributed by atoms with Crippen molar-refractivity contribution in [2.45, 2.75) is 0 Å². The first-order chi connectivity index (χ1) is 7.41. The average Bonchev–Trinajstić information content (AvgIpc) is 1.64. The van der Waals surface area contributed by atoms with Crippen LogP contribution in [0, 0.1) is 0 Å². The van der Waals surface area contributed by atoms with Gasteiger partial charge in [-0.15, -0.1) is 0 Å². The molecule has 0 spiro atoms. The summed E-state index contributed by atoms with van der Waals surface area (Å²) in [6.07, 6.45) is 0. The zero-order valence-electron chi connectivity index (χ0n) is 12.6. The van der Waals surface area contributed by atoms with Gasteiger partial charge in [0.25, 0.3) is 7.82 Å². The van der Waals surface area contributed by atoms with Crippen LogP contribution in [0.3, 0.4) is 0 Å². The molecule has 0 heterocycles. The molecule has 0 aliphatic rings. The third-order valence-corrected chi connectivity index (χ3v) is 3.69. The van der Waals surface area contributed by atoms with Crippen molar-refractivity contribution in [3.8, 4) is 0 Å². The second-order valence-corrected chi connectivity index (χ2v) is 7.03. The molecule has 1 atom stereocenters. The van der Waals surface area contributed by atoms with Gasteiger partial charge in [-0.1, -0.05) is 0 Å². The molecule has 0 aliphatic heterocycles. The molecular weight excluding hydrogens is 543 g/mol. The smallest absolute Gasteiger partial charge is 0.790 e. The van der Waals surface area contributed by atoms with E-state index in [9.17, 15) is 42.7 Å². The number of hydrogen-bond donors (Lipinski definition) is 3. The van der Waals surface area contributed by atoms with E-state index in [0.717, 1.165) is 0 Å². The van der Waals surface area contributed by atoms with Crippen LogP contribution in [0.15, 0.2) is 0 Å². The molecule has 1 unspecified atom stereocenters. The summed E-state index contributed by atoms with van der Waals surface area (Å²) in [5.74, 6) is 0. The maximum atomic E-state index is 9.59. The SMILES string of the molecule is O=P([O-])(O)OP(=O)(O)O.O=P([O-])([O-])OP(=O)([O-])[O-].[K+].[K+].[K+].[K+].[K+]. The maximum absolute atomic E-state index is 9.59. The largest absolute Gasteiger partial charge is 1.00 e. The molecule has 23 heteroatoms. The first-order valence-electron chi connectivity index (χ1n) is 2.97. The molecule has 3 N–H and O–H groups in total. The molecule has 0 rings (SSSR count). The van der Waals surface area contributed by atoms with Crippen LogP contribution in [0.4, 0.5) is 0 Å². The number of hydrogen-bond acceptors (Lipinski definition) is 11. The molecule has 0 aromatic heterocycles. The fourth-order valence-corrected chi connectivity index (χ4v) is 2.31. The Hall–Kier alpha value is 8.70. The summed E-state index contributed by atoms with van der Waals surface area (Å²) in [5.41, 5.74) is 0. The molecule has 0 aromatic carbocycles. The van der Waals surface area contributed by atoms with Crippen LogP contribution in [-0.2, 0) is 26.9 Å². The van der Waals surface area contributed by atoms with E-state index in [1.54, 1.807) is 0 Å². The van der Waals surface area contributed by atoms with Gasteiger partial charge in [0.1, 0.15) is 0 Å². The second kappa shape index (κ2) is 22.5. The standard InChI is InChI=1S/5K.2H4O7P2/c;;;;;2*1-8(2,3)7-9(4,5)6/h;;;;;2*(H2,1,2,3)(H2,4,5,6)/q5*+1;;/p-5. The number of rotatable bonds is 4. The van der Waals surface area contributed by atoms with E-state index in [-0.39, 0.29) is 257 Å². The predicted octanol–water partition coefficient (Wildman–Crippen LogP) is -19.8. The predicted molar refractivity (Wildman–Crippen MR) is 39.3 cm³/mol. The Morgan fingerprint density at radius 3 is 0.783 bits per heavy atom. The summed E-state index contributed by atoms with van der Waals surface area (Å²) in [7, 11) is -21.8. The van der Waals surface area contributed by atoms with Gasteiger partial charge in [0.2, 0.25) is 0 Å². The molecule has 112 valence electrons. The first-order valence-corrected chi connectivity index (χ1v) is 8.92. The minimum absolute atomic E-state index is 0. The first kappa shape index (κ1) is 49.0. The van der Waals surface area contributed by atoms with Gasteiger partial charge in [0.05, 0.1) is 15.6 Å². The summed E-state index contributed by atoms with van der Waals surface area (Å²) in [4.78, 5) is 69.9. The Morgan fingerprint density at radius 1 is 0.565 bits per heavy atom. The Labute approximate surface area is 343 Å². The average molecular weight is 546 g/mol. The van der Waals surface area contributed by atoms with Gasteiger partial charge in [0.15, 0.2) is 0 Å². The van der Waals surface area contributed by atoms with E-state index in [4.69, 9.17) is 14.7 Å². The molecule has 0 aliphatic carbocycles. The van der Waals surface area contributed by atoms with Crippen molar-refractivity contribution in [1.29, 1.82) is 0 Å². The monoisotopic (exact) mass is 546 g/mol. The van der Waals surface area contributed by atoms with Crippen molar-refractivity contribution in [3.05, 3.63) is 0 Å². The summed E-state index contributed by atoms with van der Waals surface area (Å²) >= 11 is 0. The van der Waals surface area contributed by atoms with E-state index < -0.39 is 31.3 Å². The molecule has 14 nitrogen and oxygen atoms in total. The Morgan fingerprint density at radius 2 is 0.783 bits per heavy atom. The van der Waals surface area contributed by atoms with E-state index in [0.29, 0.717) is 0 Å². The topological polar surface area (TPSA) is 263 Å². The molecule has 0 saturated carbocycles. The van der Waals surface area contributed by atoms with Gasteiger partial charge in [-0.05, 0) is 0 Å². The van der Waals surface area contributed by atoms with Gasteiger partial charge in [0, 0.05) is 0 Å². The molecule has 0 radical (unpaired) electrons. The third kappa shape index (κ3) is 59.0. The fourth-order valence-electron chi connectivity index (χ4n) is 0.257. The van der Waals surface area contributed by atoms with Crippen LogP contribution < -0.4 is 281 Å². The van der Waals surface area contributed by atoms with Gasteiger partial charge >= 0.3 is 265 Å². The summed E-state index contributed by atoms with van der Waals surface area (Å²) < 4.78 is 43.1. The van der Waals surface area contributed by atoms with Crippen molar-refractivity contribution >= 4 is 31.3 Å². The van der Waals surface area contributed by atoms with Crippen LogP contribution in [0.2, 0.25) is 0 Å². The van der Waals surface area contributed by atoms with Crippen molar-refractivity contribution in [2.24, 2.45) is 0 Å². The molecule has 23 heavy (non-hydrogen) atoms. The minimum Gasteiger partial charge on any atom is -0.790 e. The minimum atomic E-state index is -5.68. The normalized spacial score (nSPS) is 12.9. The van der Waals surface area contributed by atoms with E-state index >= 15 is 0 Å². The number of phosphoric acid groups is 4. The van der Waals surface area contributed by atoms with Crippen LogP contribution >= 0.6 is 31.3 Å². The molecule has 0 bridgehead atoms. The fraction of sp³-hybridized carbons (Fsp3) is 0. The van der Waals surface area contributed by atoms with Crippen molar-refractivity contribution in [1.82, 2.24) is 0 Å². The summed E-state index contributed by atoms with van der Waals surface area (Å²) in [6, 6.07) is 0. The summed E-state index contributed by atoms with van der Waals surface area (Å²) in [6.45, 7) is 0. The van der Waals surface area contributed by atoms with Gasteiger partial charge < -0.3 is 52.6 Å². The van der Waals surface area contributed by atoms with Crippen LogP contribution in [-0.4, -0.2) is 14.7 Å². The van der Waals surface area contributed by atoms with Crippen molar-refractivity contribution in [2.75, 3.05) is 0 Å². The molecule has 0 amide bonds. The zero-order valence-corrected chi connectivity index (χ0v) is 31.8. The van der Waals surface area contributed by atoms with Gasteiger partial charge in [-0.3, -0.25) is 4.57 Å². The van der Waals surface area contributed by atoms with Crippen LogP contribution in [0.25, 0.3) is 0 Å². The third-order valence-electron chi connectivity index (χ3n) is 0.410. The maximum Gasteiger partial charge on any atom is 1.00 e. The Bertz CT molecular complexity index is 354. The van der Waals surface area contributed by atoms with Crippen molar-refractivity contribution < 1.29 is 323 Å². The van der Waals surface area contributed by atoms with Crippen LogP contribution in [0.1, 0.15) is 0 Å². The van der Waals surface area contributed by atoms with Crippen LogP contribution in [0.5, 0.6) is 0 Å². The molecule has 0 saturated heterocycles. The zero-order chi connectivity index (χ0) is 15.4. The molecule has 0 aromatic rings. The second-order valence-electron chi connectivity index (χ2n) is 2.02. The van der Waals surface area contributed by atoms with E-state index in [1.165, 1.54) is 0 Å². The van der Waals surface area contributed by atoms with E-state index in [2.05, 4.69) is 8.62 Å². The van der Waals surface area contributed by atoms with Gasteiger partial charge in [-0.25, -0.2) is 8.88 Å². The Balaban J connectivity index is -0.0000000366.